The van der Waals surface area contributed by atoms with Crippen molar-refractivity contribution in [2.75, 3.05) is 5.32 Å². The van der Waals surface area contributed by atoms with Crippen LogP contribution in [-0.2, 0) is 0 Å². The number of carbonyl (C=O) groups excluding carboxylic acids is 1. The van der Waals surface area contributed by atoms with Crippen LogP contribution in [0.4, 0.5) is 5.69 Å². The molecule has 0 spiro atoms. The number of nitrogens with zero attached hydrogens (tertiary/aromatic N) is 1. The van der Waals surface area contributed by atoms with Crippen LogP contribution in [0.1, 0.15) is 16.1 Å². The molecule has 0 saturated heterocycles. The van der Waals surface area contributed by atoms with Gasteiger partial charge in [-0.05, 0) is 85.4 Å². The number of halogens is 2. The summed E-state index contributed by atoms with van der Waals surface area (Å²) in [6, 6.07) is 18.5. The van der Waals surface area contributed by atoms with Gasteiger partial charge in [-0.25, -0.2) is 4.98 Å². The average molecular weight is 538 g/mol. The summed E-state index contributed by atoms with van der Waals surface area (Å²) < 4.78 is 11.5. The topological polar surface area (TPSA) is 101 Å². The van der Waals surface area contributed by atoms with Gasteiger partial charge < -0.3 is 19.3 Å². The van der Waals surface area contributed by atoms with E-state index in [1.807, 2.05) is 25.1 Å². The molecule has 7 nitrogen and oxygen atoms in total. The quantitative estimate of drug-likeness (QED) is 0.164. The van der Waals surface area contributed by atoms with Crippen molar-refractivity contribution < 1.29 is 18.7 Å². The van der Waals surface area contributed by atoms with Gasteiger partial charge >= 0.3 is 0 Å². The van der Waals surface area contributed by atoms with E-state index in [1.165, 1.54) is 12.1 Å². The number of oxazole rings is 1. The van der Waals surface area contributed by atoms with Crippen LogP contribution in [0.2, 0.25) is 10.0 Å². The Balaban J connectivity index is 1.30. The first-order valence-corrected chi connectivity index (χ1v) is 11.8. The molecule has 0 fully saturated rings. The molecule has 0 unspecified atom stereocenters. The minimum absolute atomic E-state index is 0.0113. The van der Waals surface area contributed by atoms with Gasteiger partial charge in [-0.15, -0.1) is 0 Å². The van der Waals surface area contributed by atoms with E-state index in [-0.39, 0.29) is 22.5 Å². The predicted octanol–water partition coefficient (Wildman–Crippen LogP) is 7.20. The Bertz CT molecular complexity index is 1640. The van der Waals surface area contributed by atoms with E-state index in [0.29, 0.717) is 43.7 Å². The second-order valence-corrected chi connectivity index (χ2v) is 9.17. The number of thiocarbonyl (C=S) groups is 1. The number of amides is 1. The molecule has 36 heavy (non-hydrogen) atoms. The number of nitrogens with one attached hydrogen (secondary N) is 2. The summed E-state index contributed by atoms with van der Waals surface area (Å²) in [6.45, 7) is 1.95. The number of benzene rings is 3. The molecule has 2 heterocycles. The lowest BCUT2D eigenvalue weighted by Crippen LogP contribution is -2.33. The van der Waals surface area contributed by atoms with Gasteiger partial charge in [-0.1, -0.05) is 29.3 Å². The third-order valence-electron chi connectivity index (χ3n) is 5.28. The van der Waals surface area contributed by atoms with Crippen molar-refractivity contribution >= 4 is 63.2 Å². The second-order valence-electron chi connectivity index (χ2n) is 7.92. The number of aryl methyl sites for hydroxylation is 1. The summed E-state index contributed by atoms with van der Waals surface area (Å²) in [4.78, 5) is 17.1. The van der Waals surface area contributed by atoms with Crippen LogP contribution < -0.4 is 10.6 Å². The van der Waals surface area contributed by atoms with Crippen molar-refractivity contribution in [1.82, 2.24) is 10.3 Å². The van der Waals surface area contributed by atoms with Crippen LogP contribution in [0.25, 0.3) is 33.9 Å². The highest BCUT2D eigenvalue weighted by molar-refractivity contribution is 7.80. The van der Waals surface area contributed by atoms with Gasteiger partial charge in [0.1, 0.15) is 17.0 Å². The van der Waals surface area contributed by atoms with E-state index in [2.05, 4.69) is 15.6 Å². The first-order valence-electron chi connectivity index (χ1n) is 10.6. The Morgan fingerprint density at radius 3 is 2.61 bits per heavy atom. The monoisotopic (exact) mass is 537 g/mol. The lowest BCUT2D eigenvalue weighted by atomic mass is 10.1. The van der Waals surface area contributed by atoms with E-state index >= 15 is 0 Å². The van der Waals surface area contributed by atoms with E-state index < -0.39 is 5.91 Å². The van der Waals surface area contributed by atoms with Crippen molar-refractivity contribution in [2.24, 2.45) is 0 Å². The Morgan fingerprint density at radius 1 is 0.972 bits per heavy atom. The van der Waals surface area contributed by atoms with Crippen molar-refractivity contribution in [3.05, 3.63) is 88.1 Å². The molecule has 3 aromatic carbocycles. The number of phenols is 1. The van der Waals surface area contributed by atoms with E-state index in [9.17, 15) is 9.90 Å². The summed E-state index contributed by atoms with van der Waals surface area (Å²) in [5.74, 6) is 0.168. The maximum atomic E-state index is 12.6. The fourth-order valence-corrected chi connectivity index (χ4v) is 4.27. The molecule has 1 amide bonds. The molecule has 0 aliphatic heterocycles. The van der Waals surface area contributed by atoms with Crippen molar-refractivity contribution in [2.45, 2.75) is 6.92 Å². The lowest BCUT2D eigenvalue weighted by Gasteiger charge is -2.10. The van der Waals surface area contributed by atoms with Crippen molar-refractivity contribution in [1.29, 1.82) is 0 Å². The molecule has 0 atom stereocenters. The molecule has 0 bridgehead atoms. The number of aromatic nitrogens is 1. The Hall–Kier alpha value is -3.85. The maximum Gasteiger partial charge on any atom is 0.293 e. The summed E-state index contributed by atoms with van der Waals surface area (Å²) in [5, 5.41) is 16.8. The second kappa shape index (κ2) is 9.66. The summed E-state index contributed by atoms with van der Waals surface area (Å²) in [7, 11) is 0. The van der Waals surface area contributed by atoms with Crippen LogP contribution in [0.15, 0.2) is 75.6 Å². The Kier molecular flexibility index (Phi) is 6.40. The summed E-state index contributed by atoms with van der Waals surface area (Å²) >= 11 is 17.4. The van der Waals surface area contributed by atoms with Crippen LogP contribution in [0.3, 0.4) is 0 Å². The lowest BCUT2D eigenvalue weighted by molar-refractivity contribution is 0.0951. The first kappa shape index (κ1) is 23.9. The van der Waals surface area contributed by atoms with Crippen LogP contribution in [-0.4, -0.2) is 21.1 Å². The van der Waals surface area contributed by atoms with Crippen LogP contribution >= 0.6 is 35.4 Å². The van der Waals surface area contributed by atoms with Gasteiger partial charge in [0, 0.05) is 16.3 Å². The standard InChI is InChI=1S/C26H17Cl2N3O4S/c1-13-2-6-19-23(10-13)35-25(30-19)17-12-15(4-7-20(17)32)29-26(36)31-24(33)22-9-8-21(34-22)16-5-3-14(27)11-18(16)28/h2-12,32H,1H3,(H2,29,31,33,36). The number of hydrogen-bond donors (Lipinski definition) is 3. The smallest absolute Gasteiger partial charge is 0.293 e. The van der Waals surface area contributed by atoms with Crippen molar-refractivity contribution in [3.63, 3.8) is 0 Å². The van der Waals surface area contributed by atoms with Crippen LogP contribution in [0, 0.1) is 6.92 Å². The van der Waals surface area contributed by atoms with Gasteiger partial charge in [0.25, 0.3) is 5.91 Å². The third-order valence-corrected chi connectivity index (χ3v) is 6.03. The normalized spacial score (nSPS) is 11.0. The summed E-state index contributed by atoms with van der Waals surface area (Å²) in [6.07, 6.45) is 0. The fourth-order valence-electron chi connectivity index (χ4n) is 3.55. The number of phenolic OH excluding ortho intramolecular Hbond substituents is 1. The van der Waals surface area contributed by atoms with E-state index in [1.54, 1.807) is 36.4 Å². The molecule has 2 aromatic heterocycles. The molecule has 0 saturated carbocycles. The number of furan rings is 1. The van der Waals surface area contributed by atoms with Gasteiger partial charge in [-0.3, -0.25) is 10.1 Å². The number of rotatable bonds is 4. The number of anilines is 1. The third kappa shape index (κ3) is 4.92. The molecule has 5 aromatic rings. The highest BCUT2D eigenvalue weighted by Crippen LogP contribution is 2.34. The van der Waals surface area contributed by atoms with Gasteiger partial charge in [0.15, 0.2) is 16.5 Å². The van der Waals surface area contributed by atoms with Gasteiger partial charge in [0.05, 0.1) is 10.6 Å². The summed E-state index contributed by atoms with van der Waals surface area (Å²) in [5.41, 5.74) is 3.81. The molecule has 180 valence electrons. The minimum atomic E-state index is -0.544. The molecular formula is C26H17Cl2N3O4S. The minimum Gasteiger partial charge on any atom is -0.507 e. The van der Waals surface area contributed by atoms with Crippen LogP contribution in [0.5, 0.6) is 5.75 Å². The molecular weight excluding hydrogens is 521 g/mol. The van der Waals surface area contributed by atoms with E-state index in [0.717, 1.165) is 5.56 Å². The van der Waals surface area contributed by atoms with E-state index in [4.69, 9.17) is 44.3 Å². The highest BCUT2D eigenvalue weighted by Gasteiger charge is 2.17. The fraction of sp³-hybridized carbons (Fsp3) is 0.0385. The Morgan fingerprint density at radius 2 is 1.81 bits per heavy atom. The zero-order valence-electron chi connectivity index (χ0n) is 18.6. The average Bonchev–Trinajstić information content (AvgIpc) is 3.47. The van der Waals surface area contributed by atoms with Gasteiger partial charge in [-0.2, -0.15) is 0 Å². The van der Waals surface area contributed by atoms with Gasteiger partial charge in [0.2, 0.25) is 5.89 Å². The molecule has 3 N–H and O–H groups in total. The molecule has 10 heteroatoms. The van der Waals surface area contributed by atoms with Crippen molar-refractivity contribution in [3.8, 4) is 28.5 Å². The number of carbonyl (C=O) groups is 1. The zero-order chi connectivity index (χ0) is 25.4. The Labute approximate surface area is 220 Å². The zero-order valence-corrected chi connectivity index (χ0v) is 21.0. The maximum absolute atomic E-state index is 12.6. The highest BCUT2D eigenvalue weighted by atomic mass is 35.5. The molecule has 5 rings (SSSR count). The molecule has 0 aliphatic rings. The SMILES string of the molecule is Cc1ccc2nc(-c3cc(NC(=S)NC(=O)c4ccc(-c5ccc(Cl)cc5Cl)o4)ccc3O)oc2c1. The number of fused-ring (bicyclic) bond motifs is 1. The molecule has 0 radical (unpaired) electrons. The predicted molar refractivity (Wildman–Crippen MR) is 144 cm³/mol. The number of aromatic hydroxyl groups is 1. The first-order chi connectivity index (χ1) is 17.3. The largest absolute Gasteiger partial charge is 0.507 e. The molecule has 0 aliphatic carbocycles. The number of hydrogen-bond acceptors (Lipinski definition) is 6.